The van der Waals surface area contributed by atoms with Gasteiger partial charge in [0.15, 0.2) is 17.9 Å². The number of halogens is 2. The lowest BCUT2D eigenvalue weighted by atomic mass is 9.94. The van der Waals surface area contributed by atoms with Gasteiger partial charge in [0.2, 0.25) is 5.28 Å². The summed E-state index contributed by atoms with van der Waals surface area (Å²) in [5.74, 6) is -3.74. The predicted molar refractivity (Wildman–Crippen MR) is 124 cm³/mol. The molecule has 186 valence electrons. The Morgan fingerprint density at radius 2 is 1.85 bits per heavy atom. The van der Waals surface area contributed by atoms with Crippen LogP contribution in [0.4, 0.5) is 21.7 Å². The van der Waals surface area contributed by atoms with E-state index >= 15 is 0 Å². The van der Waals surface area contributed by atoms with Crippen LogP contribution in [0.1, 0.15) is 12.0 Å². The van der Waals surface area contributed by atoms with Crippen molar-refractivity contribution in [2.45, 2.75) is 35.7 Å². The predicted octanol–water partition coefficient (Wildman–Crippen LogP) is 1.54. The zero-order chi connectivity index (χ0) is 25.5. The molecule has 2 unspecified atom stereocenters. The van der Waals surface area contributed by atoms with Crippen LogP contribution in [0.25, 0.3) is 0 Å². The number of hydrogen-bond donors (Lipinski definition) is 6. The molecule has 2 rings (SSSR count). The monoisotopic (exact) mass is 518 g/mol. The number of aromatic nitrogens is 2. The molecule has 2 atom stereocenters. The molecule has 34 heavy (non-hydrogen) atoms. The summed E-state index contributed by atoms with van der Waals surface area (Å²) < 4.78 is 25.1. The van der Waals surface area contributed by atoms with Gasteiger partial charge in [0, 0.05) is 24.8 Å². The van der Waals surface area contributed by atoms with E-state index in [1.807, 2.05) is 0 Å². The van der Waals surface area contributed by atoms with Crippen LogP contribution in [-0.4, -0.2) is 63.8 Å². The maximum atomic E-state index is 14.6. The van der Waals surface area contributed by atoms with E-state index in [1.165, 1.54) is 19.2 Å². The smallest absolute Gasteiger partial charge is 0.348 e. The van der Waals surface area contributed by atoms with E-state index in [-0.39, 0.29) is 29.0 Å². The number of anilines is 3. The molecule has 9 N–H and O–H groups in total. The van der Waals surface area contributed by atoms with E-state index in [2.05, 4.69) is 15.3 Å². The highest BCUT2D eigenvalue weighted by Crippen LogP contribution is 2.26. The highest BCUT2D eigenvalue weighted by Gasteiger charge is 2.48. The second-order valence-corrected chi connectivity index (χ2v) is 8.08. The fourth-order valence-corrected chi connectivity index (χ4v) is 3.33. The van der Waals surface area contributed by atoms with Gasteiger partial charge in [-0.25, -0.2) is 14.0 Å². The number of benzene rings is 1. The van der Waals surface area contributed by atoms with Crippen LogP contribution in [-0.2, 0) is 25.5 Å². The molecule has 12 nitrogen and oxygen atoms in total. The molecule has 0 spiro atoms. The van der Waals surface area contributed by atoms with E-state index < -0.39 is 43.0 Å². The van der Waals surface area contributed by atoms with Crippen LogP contribution in [0.3, 0.4) is 0 Å². The molecular weight excluding hydrogens is 495 g/mol. The van der Waals surface area contributed by atoms with E-state index in [0.29, 0.717) is 10.5 Å². The minimum absolute atomic E-state index is 0.118. The summed E-state index contributed by atoms with van der Waals surface area (Å²) in [4.78, 5) is 32.0. The van der Waals surface area contributed by atoms with Crippen LogP contribution >= 0.6 is 23.5 Å². The molecule has 1 heterocycles. The largest absolute Gasteiger partial charge is 0.479 e. The van der Waals surface area contributed by atoms with E-state index in [9.17, 15) is 24.2 Å². The first-order chi connectivity index (χ1) is 16.0. The number of aliphatic carboxylic acids is 2. The SMILES string of the molecule is COC(COC(Cc1ccc(SN)cc1)(C(=O)O)C(=O)O)CC(F)Nc1nc(Cl)nc(N)c1N. The molecule has 0 saturated heterocycles. The lowest BCUT2D eigenvalue weighted by Crippen LogP contribution is -2.52. The molecular formula is C19H24ClFN6O6S. The van der Waals surface area contributed by atoms with Gasteiger partial charge in [-0.2, -0.15) is 9.97 Å². The standard InChI is InChI=1S/C19H24ClFN6O6S/c1-32-10(6-12(21)25-15-13(22)14(23)26-18(20)27-15)8-33-19(16(28)29,17(30)31)7-9-2-4-11(34-24)5-3-9/h2-5,10,12H,6-8,22,24H2,1H3,(H,28,29)(H,30,31)(H3,23,25,26,27). The maximum absolute atomic E-state index is 14.6. The third kappa shape index (κ3) is 6.80. The first-order valence-electron chi connectivity index (χ1n) is 9.60. The number of methoxy groups -OCH3 is 1. The third-order valence-corrected chi connectivity index (χ3v) is 5.48. The minimum Gasteiger partial charge on any atom is -0.479 e. The summed E-state index contributed by atoms with van der Waals surface area (Å²) >= 11 is 6.68. The summed E-state index contributed by atoms with van der Waals surface area (Å²) in [6.07, 6.45) is -3.72. The molecule has 0 radical (unpaired) electrons. The number of nitrogen functional groups attached to an aromatic ring is 2. The number of nitrogens with two attached hydrogens (primary N) is 3. The van der Waals surface area contributed by atoms with E-state index in [1.54, 1.807) is 12.1 Å². The van der Waals surface area contributed by atoms with Crippen LogP contribution in [0.5, 0.6) is 0 Å². The number of carboxylic acid groups (broad SMARTS) is 2. The zero-order valence-electron chi connectivity index (χ0n) is 17.9. The van der Waals surface area contributed by atoms with Crippen molar-refractivity contribution < 1.29 is 33.7 Å². The van der Waals surface area contributed by atoms with E-state index in [0.717, 1.165) is 11.9 Å². The first-order valence-corrected chi connectivity index (χ1v) is 10.9. The summed E-state index contributed by atoms with van der Waals surface area (Å²) in [5.41, 5.74) is 8.91. The summed E-state index contributed by atoms with van der Waals surface area (Å²) in [6.45, 7) is -0.546. The number of rotatable bonds is 13. The Labute approximate surface area is 203 Å². The van der Waals surface area contributed by atoms with Crippen LogP contribution in [0.15, 0.2) is 29.2 Å². The molecule has 1 aromatic carbocycles. The Morgan fingerprint density at radius 3 is 2.38 bits per heavy atom. The number of ether oxygens (including phenoxy) is 2. The fraction of sp³-hybridized carbons (Fsp3) is 0.368. The number of carboxylic acids is 2. The molecule has 0 fully saturated rings. The average molecular weight is 519 g/mol. The van der Waals surface area contributed by atoms with Gasteiger partial charge in [0.25, 0.3) is 5.60 Å². The van der Waals surface area contributed by atoms with Crippen LogP contribution in [0.2, 0.25) is 5.28 Å². The quantitative estimate of drug-likeness (QED) is 0.0962. The third-order valence-electron chi connectivity index (χ3n) is 4.76. The molecule has 15 heteroatoms. The second-order valence-electron chi connectivity index (χ2n) is 7.03. The maximum Gasteiger partial charge on any atom is 0.348 e. The summed E-state index contributed by atoms with van der Waals surface area (Å²) in [7, 11) is 1.24. The molecule has 0 aliphatic rings. The molecule has 0 saturated carbocycles. The van der Waals surface area contributed by atoms with Crippen molar-refractivity contribution in [3.63, 3.8) is 0 Å². The number of hydrogen-bond acceptors (Lipinski definition) is 11. The van der Waals surface area contributed by atoms with E-state index in [4.69, 9.17) is 37.7 Å². The first kappa shape index (κ1) is 27.3. The molecule has 2 aromatic rings. The molecule has 0 amide bonds. The van der Waals surface area contributed by atoms with Gasteiger partial charge in [0.05, 0.1) is 12.7 Å². The average Bonchev–Trinajstić information content (AvgIpc) is 2.78. The van der Waals surface area contributed by atoms with Crippen molar-refractivity contribution in [1.29, 1.82) is 0 Å². The molecule has 1 aromatic heterocycles. The molecule has 0 bridgehead atoms. The van der Waals surface area contributed by atoms with Crippen LogP contribution in [0, 0.1) is 0 Å². The normalized spacial score (nSPS) is 13.3. The van der Waals surface area contributed by atoms with Gasteiger partial charge < -0.3 is 36.5 Å². The number of nitrogens with one attached hydrogen (secondary N) is 1. The number of carbonyl (C=O) groups is 2. The van der Waals surface area contributed by atoms with Gasteiger partial charge in [-0.15, -0.1) is 0 Å². The Morgan fingerprint density at radius 1 is 1.24 bits per heavy atom. The Kier molecular flexibility index (Phi) is 9.64. The number of nitrogens with zero attached hydrogens (tertiary/aromatic N) is 2. The highest BCUT2D eigenvalue weighted by molar-refractivity contribution is 7.97. The zero-order valence-corrected chi connectivity index (χ0v) is 19.5. The lowest BCUT2D eigenvalue weighted by Gasteiger charge is -2.28. The van der Waals surface area contributed by atoms with Crippen molar-refractivity contribution in [2.24, 2.45) is 5.14 Å². The van der Waals surface area contributed by atoms with Gasteiger partial charge >= 0.3 is 11.9 Å². The van der Waals surface area contributed by atoms with Crippen molar-refractivity contribution >= 4 is 52.8 Å². The van der Waals surface area contributed by atoms with Crippen LogP contribution < -0.4 is 21.9 Å². The summed E-state index contributed by atoms with van der Waals surface area (Å²) in [6, 6.07) is 6.31. The molecule has 0 aliphatic heterocycles. The van der Waals surface area contributed by atoms with Crippen molar-refractivity contribution in [1.82, 2.24) is 9.97 Å². The Bertz CT molecular complexity index is 1000. The second kappa shape index (κ2) is 12.0. The lowest BCUT2D eigenvalue weighted by molar-refractivity contribution is -0.187. The van der Waals surface area contributed by atoms with Gasteiger partial charge in [0.1, 0.15) is 5.69 Å². The summed E-state index contributed by atoms with van der Waals surface area (Å²) in [5, 5.41) is 27.0. The molecule has 0 aliphatic carbocycles. The van der Waals surface area contributed by atoms with Gasteiger partial charge in [-0.1, -0.05) is 12.1 Å². The topological polar surface area (TPSA) is 209 Å². The van der Waals surface area contributed by atoms with Gasteiger partial charge in [-0.3, -0.25) is 5.14 Å². The fourth-order valence-electron chi connectivity index (χ4n) is 2.86. The van der Waals surface area contributed by atoms with Crippen molar-refractivity contribution in [3.05, 3.63) is 35.1 Å². The Balaban J connectivity index is 2.12. The van der Waals surface area contributed by atoms with Crippen molar-refractivity contribution in [3.8, 4) is 0 Å². The minimum atomic E-state index is -2.63. The Hall–Kier alpha value is -2.91. The van der Waals surface area contributed by atoms with Gasteiger partial charge in [-0.05, 0) is 41.2 Å². The number of alkyl halides is 1. The highest BCUT2D eigenvalue weighted by atomic mass is 35.5. The van der Waals surface area contributed by atoms with Crippen molar-refractivity contribution in [2.75, 3.05) is 30.5 Å².